The van der Waals surface area contributed by atoms with Gasteiger partial charge in [0.15, 0.2) is 0 Å². The van der Waals surface area contributed by atoms with E-state index in [0.29, 0.717) is 18.9 Å². The Morgan fingerprint density at radius 3 is 2.94 bits per heavy atom. The van der Waals surface area contributed by atoms with Crippen molar-refractivity contribution in [3.05, 3.63) is 29.3 Å². The molecule has 86 valence electrons. The van der Waals surface area contributed by atoms with Gasteiger partial charge in [0, 0.05) is 12.7 Å². The van der Waals surface area contributed by atoms with Crippen molar-refractivity contribution in [3.63, 3.8) is 0 Å². The molecule has 0 radical (unpaired) electrons. The number of carbonyl (C=O) groups is 1. The fourth-order valence-corrected chi connectivity index (χ4v) is 2.21. The van der Waals surface area contributed by atoms with Crippen molar-refractivity contribution < 1.29 is 4.79 Å². The lowest BCUT2D eigenvalue weighted by molar-refractivity contribution is -0.117. The van der Waals surface area contributed by atoms with Crippen molar-refractivity contribution in [2.45, 2.75) is 25.7 Å². The van der Waals surface area contributed by atoms with E-state index in [9.17, 15) is 4.79 Å². The third-order valence-corrected chi connectivity index (χ3v) is 3.35. The number of likely N-dealkylation sites (N-methyl/N-ethyl adjacent to an activating group) is 1. The number of rotatable bonds is 3. The molecule has 1 atom stereocenters. The van der Waals surface area contributed by atoms with Crippen LogP contribution in [0, 0.1) is 0 Å². The Labute approximate surface area is 96.2 Å². The highest BCUT2D eigenvalue weighted by Crippen LogP contribution is 2.31. The molecule has 0 saturated carbocycles. The largest absolute Gasteiger partial charge is 0.330 e. The van der Waals surface area contributed by atoms with Crippen LogP contribution < -0.4 is 10.6 Å². The van der Waals surface area contributed by atoms with Gasteiger partial charge in [0.1, 0.15) is 0 Å². The predicted molar refractivity (Wildman–Crippen MR) is 65.6 cm³/mol. The van der Waals surface area contributed by atoms with Crippen LogP contribution in [0.25, 0.3) is 0 Å². The zero-order chi connectivity index (χ0) is 11.7. The summed E-state index contributed by atoms with van der Waals surface area (Å²) in [5, 5.41) is 0. The lowest BCUT2D eigenvalue weighted by Crippen LogP contribution is -2.20. The number of anilines is 1. The number of hydrogen-bond acceptors (Lipinski definition) is 2. The van der Waals surface area contributed by atoms with Crippen molar-refractivity contribution in [2.24, 2.45) is 5.73 Å². The van der Waals surface area contributed by atoms with E-state index in [1.54, 1.807) is 4.90 Å². The molecule has 1 heterocycles. The smallest absolute Gasteiger partial charge is 0.231 e. The summed E-state index contributed by atoms with van der Waals surface area (Å²) >= 11 is 0. The molecule has 0 spiro atoms. The molecule has 1 aliphatic heterocycles. The Hall–Kier alpha value is -1.35. The van der Waals surface area contributed by atoms with Gasteiger partial charge in [-0.25, -0.2) is 0 Å². The van der Waals surface area contributed by atoms with Crippen LogP contribution in [0.15, 0.2) is 18.2 Å². The zero-order valence-electron chi connectivity index (χ0n) is 9.86. The molecule has 1 aromatic carbocycles. The second-order valence-corrected chi connectivity index (χ2v) is 4.50. The van der Waals surface area contributed by atoms with E-state index >= 15 is 0 Å². The van der Waals surface area contributed by atoms with Gasteiger partial charge >= 0.3 is 0 Å². The fraction of sp³-hybridized carbons (Fsp3) is 0.462. The molecular formula is C13H18N2O. The number of amides is 1. The fourth-order valence-electron chi connectivity index (χ4n) is 2.21. The van der Waals surface area contributed by atoms with Crippen molar-refractivity contribution in [2.75, 3.05) is 18.5 Å². The normalized spacial score (nSPS) is 16.4. The first kappa shape index (κ1) is 11.1. The Morgan fingerprint density at radius 1 is 1.50 bits per heavy atom. The summed E-state index contributed by atoms with van der Waals surface area (Å²) < 4.78 is 0. The highest BCUT2D eigenvalue weighted by atomic mass is 16.2. The Morgan fingerprint density at radius 2 is 2.25 bits per heavy atom. The van der Waals surface area contributed by atoms with Crippen LogP contribution >= 0.6 is 0 Å². The minimum absolute atomic E-state index is 0.179. The highest BCUT2D eigenvalue weighted by Gasteiger charge is 2.24. The third-order valence-electron chi connectivity index (χ3n) is 3.35. The second-order valence-electron chi connectivity index (χ2n) is 4.50. The Bertz CT molecular complexity index is 414. The topological polar surface area (TPSA) is 46.3 Å². The first-order chi connectivity index (χ1) is 7.63. The number of fused-ring (bicyclic) bond motifs is 1. The summed E-state index contributed by atoms with van der Waals surface area (Å²) in [5.41, 5.74) is 9.04. The van der Waals surface area contributed by atoms with Crippen LogP contribution in [0.3, 0.4) is 0 Å². The molecule has 2 N–H and O–H groups in total. The van der Waals surface area contributed by atoms with Crippen LogP contribution in [0.2, 0.25) is 0 Å². The van der Waals surface area contributed by atoms with Crippen molar-refractivity contribution in [1.82, 2.24) is 0 Å². The molecule has 1 amide bonds. The molecule has 3 heteroatoms. The molecule has 16 heavy (non-hydrogen) atoms. The standard InChI is InChI=1S/C13H18N2O/c1-9(5-6-14)10-3-4-12-11(7-10)8-13(16)15(12)2/h3-4,7,9H,5-6,8,14H2,1-2H3. The zero-order valence-corrected chi connectivity index (χ0v) is 9.86. The summed E-state index contributed by atoms with van der Waals surface area (Å²) in [5.74, 6) is 0.648. The second kappa shape index (κ2) is 4.26. The monoisotopic (exact) mass is 218 g/mol. The molecule has 2 rings (SSSR count). The van der Waals surface area contributed by atoms with E-state index in [-0.39, 0.29) is 5.91 Å². The quantitative estimate of drug-likeness (QED) is 0.838. The lowest BCUT2D eigenvalue weighted by Gasteiger charge is -2.14. The van der Waals surface area contributed by atoms with Gasteiger partial charge in [-0.2, -0.15) is 0 Å². The van der Waals surface area contributed by atoms with Gasteiger partial charge in [0.25, 0.3) is 0 Å². The van der Waals surface area contributed by atoms with Gasteiger partial charge in [-0.3, -0.25) is 4.79 Å². The molecule has 0 fully saturated rings. The highest BCUT2D eigenvalue weighted by molar-refractivity contribution is 6.00. The van der Waals surface area contributed by atoms with E-state index < -0.39 is 0 Å². The van der Waals surface area contributed by atoms with Crippen LogP contribution in [0.1, 0.15) is 30.4 Å². The minimum Gasteiger partial charge on any atom is -0.330 e. The van der Waals surface area contributed by atoms with Crippen LogP contribution in [0.5, 0.6) is 0 Å². The minimum atomic E-state index is 0.179. The number of benzene rings is 1. The first-order valence-corrected chi connectivity index (χ1v) is 5.73. The van der Waals surface area contributed by atoms with E-state index in [1.165, 1.54) is 5.56 Å². The van der Waals surface area contributed by atoms with Gasteiger partial charge in [0.05, 0.1) is 6.42 Å². The van der Waals surface area contributed by atoms with Gasteiger partial charge in [-0.1, -0.05) is 19.1 Å². The van der Waals surface area contributed by atoms with Crippen LogP contribution in [0.4, 0.5) is 5.69 Å². The number of nitrogens with two attached hydrogens (primary N) is 1. The summed E-state index contributed by atoms with van der Waals surface area (Å²) in [6.07, 6.45) is 1.53. The number of carbonyl (C=O) groups excluding carboxylic acids is 1. The SMILES string of the molecule is CC(CCN)c1ccc2c(c1)CC(=O)N2C. The maximum atomic E-state index is 11.5. The van der Waals surface area contributed by atoms with Crippen molar-refractivity contribution in [1.29, 1.82) is 0 Å². The van der Waals surface area contributed by atoms with E-state index in [0.717, 1.165) is 17.7 Å². The summed E-state index contributed by atoms with van der Waals surface area (Å²) in [4.78, 5) is 13.3. The summed E-state index contributed by atoms with van der Waals surface area (Å²) in [6.45, 7) is 2.88. The average molecular weight is 218 g/mol. The van der Waals surface area contributed by atoms with E-state index in [2.05, 4.69) is 19.1 Å². The van der Waals surface area contributed by atoms with Gasteiger partial charge in [-0.05, 0) is 36.1 Å². The number of nitrogens with zero attached hydrogens (tertiary/aromatic N) is 1. The first-order valence-electron chi connectivity index (χ1n) is 5.73. The van der Waals surface area contributed by atoms with Crippen LogP contribution in [-0.2, 0) is 11.2 Å². The molecule has 0 bridgehead atoms. The van der Waals surface area contributed by atoms with Gasteiger partial charge in [-0.15, -0.1) is 0 Å². The van der Waals surface area contributed by atoms with Gasteiger partial charge < -0.3 is 10.6 Å². The third kappa shape index (κ3) is 1.83. The summed E-state index contributed by atoms with van der Waals surface area (Å²) in [6, 6.07) is 6.30. The molecule has 1 aliphatic rings. The molecule has 1 aromatic rings. The average Bonchev–Trinajstić information content (AvgIpc) is 2.55. The molecule has 0 aliphatic carbocycles. The number of hydrogen-bond donors (Lipinski definition) is 1. The maximum Gasteiger partial charge on any atom is 0.231 e. The predicted octanol–water partition coefficient (Wildman–Crippen LogP) is 1.66. The molecule has 3 nitrogen and oxygen atoms in total. The van der Waals surface area contributed by atoms with E-state index in [4.69, 9.17) is 5.73 Å². The van der Waals surface area contributed by atoms with Gasteiger partial charge in [0.2, 0.25) is 5.91 Å². The lowest BCUT2D eigenvalue weighted by atomic mass is 9.95. The molecular weight excluding hydrogens is 200 g/mol. The maximum absolute atomic E-state index is 11.5. The molecule has 0 aromatic heterocycles. The molecule has 1 unspecified atom stereocenters. The summed E-state index contributed by atoms with van der Waals surface area (Å²) in [7, 11) is 1.83. The van der Waals surface area contributed by atoms with E-state index in [1.807, 2.05) is 13.1 Å². The van der Waals surface area contributed by atoms with Crippen molar-refractivity contribution in [3.8, 4) is 0 Å². The van der Waals surface area contributed by atoms with Crippen molar-refractivity contribution >= 4 is 11.6 Å². The van der Waals surface area contributed by atoms with Crippen LogP contribution in [-0.4, -0.2) is 19.5 Å². The Balaban J connectivity index is 2.28. The molecule has 0 saturated heterocycles. The Kier molecular flexibility index (Phi) is 2.97.